The molecule has 3 aromatic heterocycles. The zero-order chi connectivity index (χ0) is 40.4. The number of imidazole rings is 1. The van der Waals surface area contributed by atoms with Crippen molar-refractivity contribution in [2.24, 2.45) is 0 Å². The summed E-state index contributed by atoms with van der Waals surface area (Å²) < 4.78 is 13.8. The topological polar surface area (TPSA) is 35.9 Å². The van der Waals surface area contributed by atoms with Crippen LogP contribution >= 0.6 is 0 Å². The molecule has 5 heteroatoms. The highest BCUT2D eigenvalue weighted by Gasteiger charge is 2.49. The Bertz CT molecular complexity index is 3190. The van der Waals surface area contributed by atoms with Crippen LogP contribution in [0.15, 0.2) is 152 Å². The summed E-state index contributed by atoms with van der Waals surface area (Å²) in [5.41, 5.74) is 14.8. The Kier molecular flexibility index (Phi) is 7.44. The van der Waals surface area contributed by atoms with E-state index in [4.69, 9.17) is 9.72 Å². The van der Waals surface area contributed by atoms with Gasteiger partial charge in [0.2, 0.25) is 0 Å². The predicted octanol–water partition coefficient (Wildman–Crippen LogP) is 13.0. The Morgan fingerprint density at radius 1 is 0.593 bits per heavy atom. The lowest BCUT2D eigenvalue weighted by molar-refractivity contribution is -0.587. The van der Waals surface area contributed by atoms with E-state index in [0.29, 0.717) is 0 Å². The van der Waals surface area contributed by atoms with Crippen LogP contribution in [0.2, 0.25) is 0 Å². The van der Waals surface area contributed by atoms with Crippen molar-refractivity contribution < 1.29 is 9.30 Å². The average molecular weight is 767 g/mol. The van der Waals surface area contributed by atoms with Crippen LogP contribution in [0.4, 0.5) is 0 Å². The van der Waals surface area contributed by atoms with Crippen LogP contribution < -0.4 is 9.30 Å². The van der Waals surface area contributed by atoms with E-state index in [2.05, 4.69) is 214 Å². The van der Waals surface area contributed by atoms with E-state index in [1.165, 1.54) is 55.7 Å². The molecule has 9 aromatic rings. The van der Waals surface area contributed by atoms with Gasteiger partial charge in [-0.15, -0.1) is 0 Å². The standard InChI is InChI=1S/C54H46N4O/c1-52(2,3)34-28-29-55-49(30-34)58-46-23-15-13-20-41(46)42-26-24-35(31-47(42)58)59-36-25-27-44-48(32-36)57-33-56-45-22-14-12-19-40(45)38-17-9-8-16-37(38)39-18-10-11-21-43(39)50(56)51(57)54(6,7)53(44,4)5/h8-32H,1-7H3. The summed E-state index contributed by atoms with van der Waals surface area (Å²) in [7, 11) is 0. The zero-order valence-electron chi connectivity index (χ0n) is 34.6. The number of hydrogen-bond acceptors (Lipinski definition) is 2. The number of para-hydroxylation sites is 2. The quantitative estimate of drug-likeness (QED) is 0.133. The van der Waals surface area contributed by atoms with Crippen LogP contribution in [-0.2, 0) is 16.2 Å². The molecule has 6 aromatic carbocycles. The second kappa shape index (κ2) is 12.4. The number of ether oxygens (including phenoxy) is 1. The van der Waals surface area contributed by atoms with Gasteiger partial charge in [-0.1, -0.05) is 139 Å². The monoisotopic (exact) mass is 766 g/mol. The summed E-state index contributed by atoms with van der Waals surface area (Å²) in [4.78, 5) is 4.90. The summed E-state index contributed by atoms with van der Waals surface area (Å²) >= 11 is 0. The summed E-state index contributed by atoms with van der Waals surface area (Å²) in [5, 5.41) is 2.35. The summed E-state index contributed by atoms with van der Waals surface area (Å²) in [6, 6.07) is 52.4. The Balaban J connectivity index is 1.10. The molecule has 0 unspecified atom stereocenters. The van der Waals surface area contributed by atoms with Gasteiger partial charge in [0.1, 0.15) is 17.3 Å². The van der Waals surface area contributed by atoms with Crippen LogP contribution in [0.25, 0.3) is 72.5 Å². The Morgan fingerprint density at radius 2 is 1.20 bits per heavy atom. The van der Waals surface area contributed by atoms with Crippen LogP contribution in [0.5, 0.6) is 11.5 Å². The van der Waals surface area contributed by atoms with Crippen molar-refractivity contribution in [3.63, 3.8) is 0 Å². The number of rotatable bonds is 3. The lowest BCUT2D eigenvalue weighted by Gasteiger charge is -2.48. The second-order valence-electron chi connectivity index (χ2n) is 18.3. The third-order valence-electron chi connectivity index (χ3n) is 13.5. The number of benzene rings is 6. The number of hydrogen-bond donors (Lipinski definition) is 0. The molecule has 0 spiro atoms. The smallest absolute Gasteiger partial charge is 0.269 e. The van der Waals surface area contributed by atoms with Crippen molar-refractivity contribution in [1.29, 1.82) is 0 Å². The van der Waals surface area contributed by atoms with E-state index in [9.17, 15) is 0 Å². The number of nitrogens with zero attached hydrogens (tertiary/aromatic N) is 4. The fraction of sp³-hybridized carbons (Fsp3) is 0.185. The SMILES string of the molecule is CC(C)(C)c1ccnc(-n2c3ccccc3c3ccc(Oc4ccc5c(c4)-n4[c-][n+]6c(c4C(C)(C)C5(C)C)-c4ccccc4-c4ccccc4-c4ccccc4-6)cc32)c1. The zero-order valence-corrected chi connectivity index (χ0v) is 34.6. The van der Waals surface area contributed by atoms with Gasteiger partial charge in [0, 0.05) is 28.5 Å². The molecule has 0 saturated heterocycles. The number of pyridine rings is 1. The van der Waals surface area contributed by atoms with Crippen LogP contribution in [0.1, 0.15) is 65.3 Å². The highest BCUT2D eigenvalue weighted by Crippen LogP contribution is 2.54. The second-order valence-corrected chi connectivity index (χ2v) is 18.3. The molecule has 59 heavy (non-hydrogen) atoms. The van der Waals surface area contributed by atoms with E-state index in [1.54, 1.807) is 0 Å². The van der Waals surface area contributed by atoms with Crippen molar-refractivity contribution in [2.45, 2.75) is 64.7 Å². The first-order valence-corrected chi connectivity index (χ1v) is 20.6. The maximum atomic E-state index is 6.88. The molecule has 0 amide bonds. The highest BCUT2D eigenvalue weighted by molar-refractivity contribution is 6.09. The van der Waals surface area contributed by atoms with E-state index in [-0.39, 0.29) is 16.2 Å². The fourth-order valence-electron chi connectivity index (χ4n) is 9.68. The van der Waals surface area contributed by atoms with Gasteiger partial charge < -0.3 is 4.74 Å². The third-order valence-corrected chi connectivity index (χ3v) is 13.5. The van der Waals surface area contributed by atoms with Crippen molar-refractivity contribution in [3.05, 3.63) is 175 Å². The van der Waals surface area contributed by atoms with Gasteiger partial charge in [-0.25, -0.2) is 4.98 Å². The fourth-order valence-corrected chi connectivity index (χ4v) is 9.68. The first kappa shape index (κ1) is 35.4. The normalized spacial score (nSPS) is 14.6. The molecule has 288 valence electrons. The molecular formula is C54H46N4O. The van der Waals surface area contributed by atoms with Crippen LogP contribution in [-0.4, -0.2) is 14.1 Å². The lowest BCUT2D eigenvalue weighted by Crippen LogP contribution is -2.46. The van der Waals surface area contributed by atoms with Gasteiger partial charge >= 0.3 is 0 Å². The molecule has 0 aliphatic carbocycles. The maximum Gasteiger partial charge on any atom is 0.269 e. The van der Waals surface area contributed by atoms with E-state index in [1.807, 2.05) is 6.20 Å². The first-order chi connectivity index (χ1) is 28.4. The summed E-state index contributed by atoms with van der Waals surface area (Å²) in [5.74, 6) is 2.44. The molecule has 2 aliphatic rings. The van der Waals surface area contributed by atoms with Crippen molar-refractivity contribution in [3.8, 4) is 62.2 Å². The Morgan fingerprint density at radius 3 is 1.97 bits per heavy atom. The van der Waals surface area contributed by atoms with Crippen LogP contribution in [0.3, 0.4) is 0 Å². The number of fused-ring (bicyclic) bond motifs is 15. The molecule has 11 rings (SSSR count). The minimum Gasteiger partial charge on any atom is -0.458 e. The molecule has 0 fully saturated rings. The van der Waals surface area contributed by atoms with E-state index in [0.717, 1.165) is 45.1 Å². The minimum absolute atomic E-state index is 0.00798. The maximum absolute atomic E-state index is 6.88. The average Bonchev–Trinajstić information content (AvgIpc) is 3.79. The van der Waals surface area contributed by atoms with E-state index >= 15 is 0 Å². The highest BCUT2D eigenvalue weighted by atomic mass is 16.5. The lowest BCUT2D eigenvalue weighted by atomic mass is 9.59. The predicted molar refractivity (Wildman–Crippen MR) is 239 cm³/mol. The molecule has 5 heterocycles. The molecule has 0 N–H and O–H groups in total. The molecule has 2 aliphatic heterocycles. The minimum atomic E-state index is -0.281. The summed E-state index contributed by atoms with van der Waals surface area (Å²) in [6.07, 6.45) is 5.86. The molecule has 0 saturated carbocycles. The third kappa shape index (κ3) is 5.10. The van der Waals surface area contributed by atoms with Gasteiger partial charge in [-0.05, 0) is 98.3 Å². The van der Waals surface area contributed by atoms with Gasteiger partial charge in [0.25, 0.3) is 6.33 Å². The molecule has 0 bridgehead atoms. The van der Waals surface area contributed by atoms with Gasteiger partial charge in [0.15, 0.2) is 0 Å². The first-order valence-electron chi connectivity index (χ1n) is 20.6. The largest absolute Gasteiger partial charge is 0.458 e. The number of aromatic nitrogens is 4. The molecule has 0 atom stereocenters. The van der Waals surface area contributed by atoms with Crippen molar-refractivity contribution in [2.75, 3.05) is 0 Å². The molecule has 0 radical (unpaired) electrons. The Hall–Kier alpha value is -6.72. The van der Waals surface area contributed by atoms with Crippen molar-refractivity contribution >= 4 is 21.8 Å². The van der Waals surface area contributed by atoms with Crippen LogP contribution in [0, 0.1) is 6.33 Å². The van der Waals surface area contributed by atoms with E-state index < -0.39 is 0 Å². The Labute approximate surface area is 345 Å². The summed E-state index contributed by atoms with van der Waals surface area (Å²) in [6.45, 7) is 16.3. The molecular weight excluding hydrogens is 721 g/mol. The van der Waals surface area contributed by atoms with Gasteiger partial charge in [-0.3, -0.25) is 13.7 Å². The van der Waals surface area contributed by atoms with Gasteiger partial charge in [-0.2, -0.15) is 0 Å². The van der Waals surface area contributed by atoms with Gasteiger partial charge in [0.05, 0.1) is 33.8 Å². The molecule has 5 nitrogen and oxygen atoms in total. The van der Waals surface area contributed by atoms with Crippen molar-refractivity contribution in [1.82, 2.24) is 14.1 Å².